The maximum absolute atomic E-state index is 13.0. The second-order valence-corrected chi connectivity index (χ2v) is 18.5. The number of hydroxylamine groups is 4. The zero-order valence-corrected chi connectivity index (χ0v) is 37.2. The number of unbranched alkanes of at least 4 members (excludes halogenated alkanes) is 15. The van der Waals surface area contributed by atoms with Gasteiger partial charge in [0, 0.05) is 12.8 Å². The SMILES string of the molecule is CCCCCCCCON1C(C)(C)C=C(C)C(OC(=O)CCCCCCCCC(=O)OC2C(C)=CC(C)(C)N(OCCCCCCCC)C2(C)C)C1(C)C. The minimum absolute atomic E-state index is 0.149. The van der Waals surface area contributed by atoms with Crippen LogP contribution in [0.2, 0.25) is 0 Å². The Kier molecular flexibility index (Phi) is 21.0. The first kappa shape index (κ1) is 48.4. The Labute approximate surface area is 332 Å². The van der Waals surface area contributed by atoms with Crippen molar-refractivity contribution in [3.63, 3.8) is 0 Å². The van der Waals surface area contributed by atoms with Crippen molar-refractivity contribution in [1.82, 2.24) is 10.1 Å². The van der Waals surface area contributed by atoms with Crippen LogP contribution in [0.15, 0.2) is 23.3 Å². The average molecular weight is 761 g/mol. The van der Waals surface area contributed by atoms with Crippen molar-refractivity contribution in [1.29, 1.82) is 0 Å². The summed E-state index contributed by atoms with van der Waals surface area (Å²) in [5.41, 5.74) is 0.593. The summed E-state index contributed by atoms with van der Waals surface area (Å²) in [5, 5.41) is 4.12. The van der Waals surface area contributed by atoms with Crippen LogP contribution in [0.5, 0.6) is 0 Å². The van der Waals surface area contributed by atoms with Crippen molar-refractivity contribution >= 4 is 11.9 Å². The minimum Gasteiger partial charge on any atom is -0.456 e. The number of hydrogen-bond acceptors (Lipinski definition) is 8. The number of carbonyl (C=O) groups is 2. The van der Waals surface area contributed by atoms with Crippen LogP contribution in [0.4, 0.5) is 0 Å². The van der Waals surface area contributed by atoms with Crippen LogP contribution in [0.3, 0.4) is 0 Å². The number of carbonyl (C=O) groups excluding carboxylic acids is 2. The van der Waals surface area contributed by atoms with Gasteiger partial charge in [0.05, 0.1) is 35.4 Å². The molecule has 0 N–H and O–H groups in total. The van der Waals surface area contributed by atoms with Crippen molar-refractivity contribution in [2.45, 2.75) is 246 Å². The molecule has 0 spiro atoms. The van der Waals surface area contributed by atoms with E-state index in [1.165, 1.54) is 64.2 Å². The van der Waals surface area contributed by atoms with Crippen molar-refractivity contribution in [3.8, 4) is 0 Å². The predicted octanol–water partition coefficient (Wildman–Crippen LogP) is 12.2. The van der Waals surface area contributed by atoms with Crippen LogP contribution in [-0.2, 0) is 28.7 Å². The molecule has 2 aliphatic rings. The molecule has 0 bridgehead atoms. The van der Waals surface area contributed by atoms with Gasteiger partial charge in [0.25, 0.3) is 0 Å². The van der Waals surface area contributed by atoms with Gasteiger partial charge in [-0.15, -0.1) is 0 Å². The topological polar surface area (TPSA) is 77.5 Å². The Hall–Kier alpha value is -1.74. The van der Waals surface area contributed by atoms with Crippen molar-refractivity contribution in [2.24, 2.45) is 0 Å². The van der Waals surface area contributed by atoms with Gasteiger partial charge in [-0.25, -0.2) is 0 Å². The molecule has 0 fully saturated rings. The fraction of sp³-hybridized carbons (Fsp3) is 0.870. The summed E-state index contributed by atoms with van der Waals surface area (Å²) in [6.07, 6.45) is 24.7. The van der Waals surface area contributed by atoms with E-state index in [9.17, 15) is 9.59 Å². The third-order valence-corrected chi connectivity index (χ3v) is 11.3. The molecule has 8 nitrogen and oxygen atoms in total. The maximum atomic E-state index is 13.0. The third kappa shape index (κ3) is 15.3. The number of esters is 2. The molecule has 2 atom stereocenters. The molecule has 0 saturated carbocycles. The van der Waals surface area contributed by atoms with Crippen molar-refractivity contribution < 1.29 is 28.7 Å². The van der Waals surface area contributed by atoms with Crippen molar-refractivity contribution in [3.05, 3.63) is 23.3 Å². The molecule has 0 aromatic rings. The van der Waals surface area contributed by atoms with Crippen LogP contribution >= 0.6 is 0 Å². The Morgan fingerprint density at radius 1 is 0.500 bits per heavy atom. The standard InChI is InChI=1S/C46H84N2O6/c1-13-15-17-19-25-29-33-51-47-43(5,6)35-37(3)41(45(47,9)10)53-39(49)31-27-23-21-22-24-28-32-40(50)54-42-38(4)36-44(7,8)48(46(42,11)12)52-34-30-26-20-18-16-14-2/h35-36,41-42H,13-34H2,1-12H3. The van der Waals surface area contributed by atoms with Gasteiger partial charge in [0.2, 0.25) is 0 Å². The van der Waals surface area contributed by atoms with E-state index >= 15 is 0 Å². The van der Waals surface area contributed by atoms with Gasteiger partial charge < -0.3 is 9.47 Å². The van der Waals surface area contributed by atoms with Gasteiger partial charge in [-0.3, -0.25) is 19.3 Å². The molecule has 0 aromatic heterocycles. The lowest BCUT2D eigenvalue weighted by molar-refractivity contribution is -0.278. The van der Waals surface area contributed by atoms with Gasteiger partial charge in [-0.2, -0.15) is 10.1 Å². The van der Waals surface area contributed by atoms with Crippen LogP contribution in [-0.4, -0.2) is 69.6 Å². The highest BCUT2D eigenvalue weighted by Crippen LogP contribution is 2.41. The number of ether oxygens (including phenoxy) is 2. The maximum Gasteiger partial charge on any atom is 0.306 e. The Morgan fingerprint density at radius 3 is 1.13 bits per heavy atom. The van der Waals surface area contributed by atoms with Gasteiger partial charge >= 0.3 is 11.9 Å². The summed E-state index contributed by atoms with van der Waals surface area (Å²) in [4.78, 5) is 38.8. The Bertz CT molecular complexity index is 1080. The molecule has 314 valence electrons. The first-order chi connectivity index (χ1) is 25.4. The summed E-state index contributed by atoms with van der Waals surface area (Å²) in [5.74, 6) is -0.298. The van der Waals surface area contributed by atoms with Gasteiger partial charge in [-0.05, 0) is 106 Å². The summed E-state index contributed by atoms with van der Waals surface area (Å²) in [6, 6.07) is 0. The highest BCUT2D eigenvalue weighted by Gasteiger charge is 2.51. The Morgan fingerprint density at radius 2 is 0.796 bits per heavy atom. The number of rotatable bonds is 27. The van der Waals surface area contributed by atoms with Gasteiger partial charge in [-0.1, -0.05) is 116 Å². The number of hydrogen-bond donors (Lipinski definition) is 0. The lowest BCUT2D eigenvalue weighted by Crippen LogP contribution is -2.64. The minimum atomic E-state index is -0.486. The molecule has 0 amide bonds. The van der Waals surface area contributed by atoms with Crippen molar-refractivity contribution in [2.75, 3.05) is 13.2 Å². The van der Waals surface area contributed by atoms with E-state index in [-0.39, 0.29) is 35.2 Å². The monoisotopic (exact) mass is 761 g/mol. The molecule has 0 saturated heterocycles. The Balaban J connectivity index is 1.71. The molecule has 0 aromatic carbocycles. The van der Waals surface area contributed by atoms with E-state index in [4.69, 9.17) is 19.1 Å². The molecule has 54 heavy (non-hydrogen) atoms. The normalized spacial score (nSPS) is 22.1. The highest BCUT2D eigenvalue weighted by molar-refractivity contribution is 5.70. The van der Waals surface area contributed by atoms with Gasteiger partial charge in [0.15, 0.2) is 0 Å². The van der Waals surface area contributed by atoms with Crippen LogP contribution < -0.4 is 0 Å². The van der Waals surface area contributed by atoms with E-state index in [1.807, 2.05) is 0 Å². The van der Waals surface area contributed by atoms with E-state index in [1.54, 1.807) is 0 Å². The summed E-state index contributed by atoms with van der Waals surface area (Å²) in [6.45, 7) is 27.1. The van der Waals surface area contributed by atoms with Crippen LogP contribution in [0.1, 0.15) is 212 Å². The predicted molar refractivity (Wildman–Crippen MR) is 223 cm³/mol. The first-order valence-corrected chi connectivity index (χ1v) is 22.1. The molecular weight excluding hydrogens is 677 g/mol. The van der Waals surface area contributed by atoms with E-state index in [2.05, 4.69) is 105 Å². The summed E-state index contributed by atoms with van der Waals surface area (Å²) >= 11 is 0. The third-order valence-electron chi connectivity index (χ3n) is 11.3. The first-order valence-electron chi connectivity index (χ1n) is 22.1. The second kappa shape index (κ2) is 23.5. The van der Waals surface area contributed by atoms with Gasteiger partial charge in [0.1, 0.15) is 12.2 Å². The molecule has 8 heteroatoms. The van der Waals surface area contributed by atoms with E-state index in [0.717, 1.165) is 62.5 Å². The smallest absolute Gasteiger partial charge is 0.306 e. The number of nitrogens with zero attached hydrogens (tertiary/aromatic N) is 2. The summed E-state index contributed by atoms with van der Waals surface area (Å²) < 4.78 is 12.3. The molecular formula is C46H84N2O6. The largest absolute Gasteiger partial charge is 0.456 e. The quantitative estimate of drug-likeness (QED) is 0.0465. The lowest BCUT2D eigenvalue weighted by atomic mass is 9.81. The van der Waals surface area contributed by atoms with Crippen LogP contribution in [0, 0.1) is 0 Å². The molecule has 2 rings (SSSR count). The zero-order valence-electron chi connectivity index (χ0n) is 37.2. The molecule has 2 unspecified atom stereocenters. The van der Waals surface area contributed by atoms with Crippen LogP contribution in [0.25, 0.3) is 0 Å². The van der Waals surface area contributed by atoms with E-state index < -0.39 is 11.1 Å². The highest BCUT2D eigenvalue weighted by atomic mass is 16.7. The fourth-order valence-corrected chi connectivity index (χ4v) is 9.04. The average Bonchev–Trinajstić information content (AvgIpc) is 3.07. The summed E-state index contributed by atoms with van der Waals surface area (Å²) in [7, 11) is 0. The lowest BCUT2D eigenvalue weighted by Gasteiger charge is -2.52. The molecule has 2 heterocycles. The molecule has 0 aliphatic carbocycles. The second-order valence-electron chi connectivity index (χ2n) is 18.5. The van der Waals surface area contributed by atoms with E-state index in [0.29, 0.717) is 26.1 Å². The molecule has 2 aliphatic heterocycles. The fourth-order valence-electron chi connectivity index (χ4n) is 9.04. The zero-order chi connectivity index (χ0) is 40.4. The molecule has 0 radical (unpaired) electrons.